The number of carbonyl (C=O) groups excluding carboxylic acids is 1. The van der Waals surface area contributed by atoms with Crippen molar-refractivity contribution in [1.29, 1.82) is 0 Å². The van der Waals surface area contributed by atoms with Gasteiger partial charge in [0, 0.05) is 16.8 Å². The summed E-state index contributed by atoms with van der Waals surface area (Å²) in [6, 6.07) is 9.81. The zero-order valence-corrected chi connectivity index (χ0v) is 14.6. The highest BCUT2D eigenvalue weighted by Crippen LogP contribution is 2.27. The number of nitrogens with one attached hydrogen (secondary N) is 1. The molecule has 0 aliphatic rings. The molecule has 4 nitrogen and oxygen atoms in total. The molecule has 0 aliphatic heterocycles. The van der Waals surface area contributed by atoms with Gasteiger partial charge in [-0.15, -0.1) is 11.8 Å². The first kappa shape index (κ1) is 17.3. The number of nitrogen functional groups attached to an aromatic ring is 1. The second-order valence-electron chi connectivity index (χ2n) is 5.33. The van der Waals surface area contributed by atoms with E-state index in [0.717, 1.165) is 23.4 Å². The Labute approximate surface area is 141 Å². The molecule has 3 N–H and O–H groups in total. The summed E-state index contributed by atoms with van der Waals surface area (Å²) in [4.78, 5) is 17.5. The SMILES string of the molecule is CCc1cccc(CC)c1NC(=O)C(C)Sc1ccc(N)nc1. The molecule has 0 fully saturated rings. The fourth-order valence-electron chi connectivity index (χ4n) is 2.35. The molecular formula is C18H23N3OS. The molecule has 5 heteroatoms. The summed E-state index contributed by atoms with van der Waals surface area (Å²) < 4.78 is 0. The fraction of sp³-hybridized carbons (Fsp3) is 0.333. The van der Waals surface area contributed by atoms with E-state index < -0.39 is 0 Å². The molecule has 1 amide bonds. The van der Waals surface area contributed by atoms with Crippen molar-refractivity contribution in [2.45, 2.75) is 43.8 Å². The minimum Gasteiger partial charge on any atom is -0.384 e. The number of hydrogen-bond donors (Lipinski definition) is 2. The van der Waals surface area contributed by atoms with Crippen LogP contribution in [-0.2, 0) is 17.6 Å². The molecule has 0 radical (unpaired) electrons. The van der Waals surface area contributed by atoms with Gasteiger partial charge in [0.2, 0.25) is 5.91 Å². The van der Waals surface area contributed by atoms with Crippen LogP contribution in [0.1, 0.15) is 31.9 Å². The van der Waals surface area contributed by atoms with Crippen LogP contribution >= 0.6 is 11.8 Å². The quantitative estimate of drug-likeness (QED) is 0.789. The first-order chi connectivity index (χ1) is 11.0. The summed E-state index contributed by atoms with van der Waals surface area (Å²) in [7, 11) is 0. The molecular weight excluding hydrogens is 306 g/mol. The van der Waals surface area contributed by atoms with Gasteiger partial charge in [-0.3, -0.25) is 4.79 Å². The monoisotopic (exact) mass is 329 g/mol. The van der Waals surface area contributed by atoms with Crippen molar-refractivity contribution in [2.75, 3.05) is 11.1 Å². The maximum Gasteiger partial charge on any atom is 0.237 e. The van der Waals surface area contributed by atoms with Crippen LogP contribution in [-0.4, -0.2) is 16.1 Å². The molecule has 122 valence electrons. The Morgan fingerprint density at radius 2 is 1.87 bits per heavy atom. The number of rotatable bonds is 6. The largest absolute Gasteiger partial charge is 0.384 e. The number of nitrogens with two attached hydrogens (primary N) is 1. The van der Waals surface area contributed by atoms with Crippen molar-refractivity contribution in [3.8, 4) is 0 Å². The van der Waals surface area contributed by atoms with E-state index in [2.05, 4.69) is 36.3 Å². The molecule has 1 unspecified atom stereocenters. The highest BCUT2D eigenvalue weighted by Gasteiger charge is 2.17. The second-order valence-corrected chi connectivity index (χ2v) is 6.74. The van der Waals surface area contributed by atoms with Crippen molar-refractivity contribution in [2.24, 2.45) is 0 Å². The van der Waals surface area contributed by atoms with Crippen molar-refractivity contribution < 1.29 is 4.79 Å². The van der Waals surface area contributed by atoms with Crippen LogP contribution in [0.2, 0.25) is 0 Å². The van der Waals surface area contributed by atoms with Gasteiger partial charge in [-0.1, -0.05) is 32.0 Å². The van der Waals surface area contributed by atoms with Gasteiger partial charge in [0.15, 0.2) is 0 Å². The normalized spacial score (nSPS) is 12.0. The second kappa shape index (κ2) is 8.02. The zero-order valence-electron chi connectivity index (χ0n) is 13.8. The van der Waals surface area contributed by atoms with Crippen molar-refractivity contribution in [1.82, 2.24) is 4.98 Å². The van der Waals surface area contributed by atoms with E-state index in [-0.39, 0.29) is 11.2 Å². The minimum atomic E-state index is -0.213. The number of carbonyl (C=O) groups is 1. The van der Waals surface area contributed by atoms with E-state index in [1.807, 2.05) is 19.1 Å². The van der Waals surface area contributed by atoms with Crippen LogP contribution < -0.4 is 11.1 Å². The predicted octanol–water partition coefficient (Wildman–Crippen LogP) is 3.91. The average Bonchev–Trinajstić information content (AvgIpc) is 2.56. The lowest BCUT2D eigenvalue weighted by Crippen LogP contribution is -2.23. The number of thioether (sulfide) groups is 1. The number of hydrogen-bond acceptors (Lipinski definition) is 4. The number of amides is 1. The molecule has 1 heterocycles. The molecule has 1 aromatic heterocycles. The van der Waals surface area contributed by atoms with Crippen molar-refractivity contribution in [3.63, 3.8) is 0 Å². The highest BCUT2D eigenvalue weighted by atomic mass is 32.2. The van der Waals surface area contributed by atoms with E-state index in [9.17, 15) is 4.79 Å². The van der Waals surface area contributed by atoms with Crippen LogP contribution in [0.15, 0.2) is 41.4 Å². The number of aryl methyl sites for hydroxylation is 2. The molecule has 0 spiro atoms. The van der Waals surface area contributed by atoms with Crippen LogP contribution in [0.25, 0.3) is 0 Å². The Morgan fingerprint density at radius 1 is 1.22 bits per heavy atom. The van der Waals surface area contributed by atoms with Gasteiger partial charge in [0.25, 0.3) is 0 Å². The Kier molecular flexibility index (Phi) is 6.04. The Morgan fingerprint density at radius 3 is 2.39 bits per heavy atom. The third-order valence-corrected chi connectivity index (χ3v) is 4.77. The zero-order chi connectivity index (χ0) is 16.8. The van der Waals surface area contributed by atoms with Gasteiger partial charge in [-0.05, 0) is 43.0 Å². The molecule has 2 rings (SSSR count). The van der Waals surface area contributed by atoms with Gasteiger partial charge >= 0.3 is 0 Å². The van der Waals surface area contributed by atoms with Crippen LogP contribution in [0, 0.1) is 0 Å². The molecule has 1 aromatic carbocycles. The molecule has 23 heavy (non-hydrogen) atoms. The number of aromatic nitrogens is 1. The topological polar surface area (TPSA) is 68.0 Å². The number of benzene rings is 1. The van der Waals surface area contributed by atoms with Gasteiger partial charge in [0.05, 0.1) is 5.25 Å². The summed E-state index contributed by atoms with van der Waals surface area (Å²) >= 11 is 1.48. The van der Waals surface area contributed by atoms with Crippen molar-refractivity contribution >= 4 is 29.2 Å². The summed E-state index contributed by atoms with van der Waals surface area (Å²) in [6.07, 6.45) is 3.49. The molecule has 0 aliphatic carbocycles. The van der Waals surface area contributed by atoms with Crippen molar-refractivity contribution in [3.05, 3.63) is 47.7 Å². The average molecular weight is 329 g/mol. The van der Waals surface area contributed by atoms with Crippen LogP contribution in [0.3, 0.4) is 0 Å². The lowest BCUT2D eigenvalue weighted by Gasteiger charge is -2.17. The number of anilines is 2. The van der Waals surface area contributed by atoms with Gasteiger partial charge < -0.3 is 11.1 Å². The third kappa shape index (κ3) is 4.48. The van der Waals surface area contributed by atoms with Gasteiger partial charge in [0.1, 0.15) is 5.82 Å². The van der Waals surface area contributed by atoms with E-state index in [4.69, 9.17) is 5.73 Å². The van der Waals surface area contributed by atoms with Crippen LogP contribution in [0.4, 0.5) is 11.5 Å². The first-order valence-corrected chi connectivity index (χ1v) is 8.72. The van der Waals surface area contributed by atoms with Gasteiger partial charge in [-0.2, -0.15) is 0 Å². The summed E-state index contributed by atoms with van der Waals surface area (Å²) in [5.74, 6) is 0.485. The van der Waals surface area contributed by atoms with E-state index >= 15 is 0 Å². The summed E-state index contributed by atoms with van der Waals surface area (Å²) in [5, 5.41) is 2.89. The third-order valence-electron chi connectivity index (χ3n) is 3.69. The Hall–Kier alpha value is -2.01. The standard InChI is InChI=1S/C18H23N3OS/c1-4-13-7-6-8-14(5-2)17(13)21-18(22)12(3)23-15-9-10-16(19)20-11-15/h6-12H,4-5H2,1-3H3,(H2,19,20)(H,21,22). The molecule has 0 bridgehead atoms. The van der Waals surface area contributed by atoms with Crippen LogP contribution in [0.5, 0.6) is 0 Å². The first-order valence-electron chi connectivity index (χ1n) is 7.85. The Balaban J connectivity index is 2.10. The lowest BCUT2D eigenvalue weighted by atomic mass is 10.0. The van der Waals surface area contributed by atoms with E-state index in [1.54, 1.807) is 12.3 Å². The maximum atomic E-state index is 12.5. The molecule has 2 aromatic rings. The summed E-state index contributed by atoms with van der Waals surface area (Å²) in [5.41, 5.74) is 8.89. The predicted molar refractivity (Wildman–Crippen MR) is 97.8 cm³/mol. The minimum absolute atomic E-state index is 0.00225. The molecule has 1 atom stereocenters. The number of pyridine rings is 1. The fourth-order valence-corrected chi connectivity index (χ4v) is 3.18. The molecule has 0 saturated heterocycles. The molecule has 0 saturated carbocycles. The smallest absolute Gasteiger partial charge is 0.237 e. The van der Waals surface area contributed by atoms with E-state index in [0.29, 0.717) is 5.82 Å². The summed E-state index contributed by atoms with van der Waals surface area (Å²) in [6.45, 7) is 6.10. The van der Waals surface area contributed by atoms with Gasteiger partial charge in [-0.25, -0.2) is 4.98 Å². The number of nitrogens with zero attached hydrogens (tertiary/aromatic N) is 1. The number of para-hydroxylation sites is 1. The lowest BCUT2D eigenvalue weighted by molar-refractivity contribution is -0.115. The highest BCUT2D eigenvalue weighted by molar-refractivity contribution is 8.00. The maximum absolute atomic E-state index is 12.5. The van der Waals surface area contributed by atoms with E-state index in [1.165, 1.54) is 22.9 Å². The Bertz CT molecular complexity index is 648.